The van der Waals surface area contributed by atoms with Gasteiger partial charge in [0.25, 0.3) is 0 Å². The Balaban J connectivity index is 2.48. The summed E-state index contributed by atoms with van der Waals surface area (Å²) in [6.07, 6.45) is 2.62. The van der Waals surface area contributed by atoms with Crippen molar-refractivity contribution < 1.29 is 0 Å². The van der Waals surface area contributed by atoms with Crippen molar-refractivity contribution in [1.82, 2.24) is 0 Å². The fraction of sp³-hybridized carbons (Fsp3) is 0.500. The van der Waals surface area contributed by atoms with E-state index in [-0.39, 0.29) is 0 Å². The fourth-order valence-corrected chi connectivity index (χ4v) is 4.76. The Hall–Kier alpha value is 0.259. The van der Waals surface area contributed by atoms with Crippen LogP contribution in [0.2, 0.25) is 14.9 Å². The summed E-state index contributed by atoms with van der Waals surface area (Å²) in [6.45, 7) is 2.45. The van der Waals surface area contributed by atoms with E-state index >= 15 is 0 Å². The Labute approximate surface area is 100 Å². The van der Waals surface area contributed by atoms with Crippen molar-refractivity contribution in [3.05, 3.63) is 35.9 Å². The molecule has 2 heteroatoms. The van der Waals surface area contributed by atoms with Gasteiger partial charge in [0.15, 0.2) is 0 Å². The molecular formula is C12H18Se2. The van der Waals surface area contributed by atoms with E-state index in [9.17, 15) is 0 Å². The van der Waals surface area contributed by atoms with Crippen LogP contribution in [0.1, 0.15) is 18.9 Å². The van der Waals surface area contributed by atoms with Crippen molar-refractivity contribution in [2.45, 2.75) is 34.6 Å². The number of hydrogen-bond acceptors (Lipinski definition) is 0. The average molecular weight is 320 g/mol. The van der Waals surface area contributed by atoms with E-state index in [0.29, 0.717) is 3.21 Å². The van der Waals surface area contributed by atoms with Gasteiger partial charge in [0.05, 0.1) is 0 Å². The van der Waals surface area contributed by atoms with E-state index in [4.69, 9.17) is 0 Å². The van der Waals surface area contributed by atoms with Crippen LogP contribution in [0, 0.1) is 0 Å². The number of rotatable bonds is 5. The molecule has 0 heterocycles. The summed E-state index contributed by atoms with van der Waals surface area (Å²) in [5.41, 5.74) is 1.49. The zero-order chi connectivity index (χ0) is 10.4. The predicted molar refractivity (Wildman–Crippen MR) is 66.4 cm³/mol. The van der Waals surface area contributed by atoms with Crippen LogP contribution in [0.5, 0.6) is 0 Å². The maximum atomic E-state index is 2.45. The van der Waals surface area contributed by atoms with Gasteiger partial charge in [-0.05, 0) is 0 Å². The van der Waals surface area contributed by atoms with Gasteiger partial charge in [-0.2, -0.15) is 0 Å². The van der Waals surface area contributed by atoms with Crippen LogP contribution in [0.25, 0.3) is 0 Å². The first kappa shape index (κ1) is 12.3. The Morgan fingerprint density at radius 2 is 1.64 bits per heavy atom. The Morgan fingerprint density at radius 1 is 1.07 bits per heavy atom. The van der Waals surface area contributed by atoms with Crippen LogP contribution in [-0.2, 0) is 6.42 Å². The first-order valence-electron chi connectivity index (χ1n) is 4.84. The predicted octanol–water partition coefficient (Wildman–Crippen LogP) is 3.26. The minimum absolute atomic E-state index is 0.663. The quantitative estimate of drug-likeness (QED) is 0.731. The van der Waals surface area contributed by atoms with E-state index in [1.807, 2.05) is 0 Å². The summed E-state index contributed by atoms with van der Waals surface area (Å²) in [5, 5.41) is 0. The minimum atomic E-state index is 0.663. The molecule has 0 fully saturated rings. The zero-order valence-electron chi connectivity index (χ0n) is 9.12. The van der Waals surface area contributed by atoms with Gasteiger partial charge in [-0.15, -0.1) is 0 Å². The monoisotopic (exact) mass is 322 g/mol. The third kappa shape index (κ3) is 3.79. The first-order chi connectivity index (χ1) is 6.70. The van der Waals surface area contributed by atoms with E-state index in [2.05, 4.69) is 48.9 Å². The standard InChI is InChI=1S/C12H18Se2/c1-12(13-2,14-3)10-9-11-7-5-4-6-8-11/h4-8H,9-10H2,1-3H3. The Kier molecular flexibility index (Phi) is 5.26. The van der Waals surface area contributed by atoms with Crippen LogP contribution in [-0.4, -0.2) is 29.9 Å². The molecule has 0 aliphatic heterocycles. The Bertz CT molecular complexity index is 252. The maximum absolute atomic E-state index is 2.45. The molecule has 0 amide bonds. The van der Waals surface area contributed by atoms with Gasteiger partial charge in [0.2, 0.25) is 0 Å². The molecule has 0 atom stereocenters. The number of benzene rings is 1. The van der Waals surface area contributed by atoms with Crippen molar-refractivity contribution in [3.8, 4) is 0 Å². The van der Waals surface area contributed by atoms with Crippen LogP contribution in [0.4, 0.5) is 0 Å². The molecule has 0 aliphatic rings. The van der Waals surface area contributed by atoms with Gasteiger partial charge in [-0.3, -0.25) is 0 Å². The van der Waals surface area contributed by atoms with Crippen LogP contribution >= 0.6 is 0 Å². The summed E-state index contributed by atoms with van der Waals surface area (Å²) in [4.78, 5) is 0. The second-order valence-corrected chi connectivity index (χ2v) is 10.3. The summed E-state index contributed by atoms with van der Waals surface area (Å²) in [6, 6.07) is 10.9. The van der Waals surface area contributed by atoms with Crippen LogP contribution in [0.3, 0.4) is 0 Å². The molecule has 1 rings (SSSR count). The van der Waals surface area contributed by atoms with Gasteiger partial charge in [-0.1, -0.05) is 0 Å². The van der Waals surface area contributed by atoms with E-state index < -0.39 is 0 Å². The molecule has 0 bridgehead atoms. The van der Waals surface area contributed by atoms with Gasteiger partial charge >= 0.3 is 100 Å². The fourth-order valence-electron chi connectivity index (χ4n) is 1.30. The van der Waals surface area contributed by atoms with Crippen molar-refractivity contribution >= 4 is 29.9 Å². The molecule has 78 valence electrons. The molecular weight excluding hydrogens is 302 g/mol. The zero-order valence-corrected chi connectivity index (χ0v) is 12.5. The van der Waals surface area contributed by atoms with E-state index in [0.717, 1.165) is 29.9 Å². The van der Waals surface area contributed by atoms with Gasteiger partial charge < -0.3 is 0 Å². The molecule has 1 aromatic carbocycles. The second-order valence-electron chi connectivity index (χ2n) is 3.53. The third-order valence-electron chi connectivity index (χ3n) is 2.57. The average Bonchev–Trinajstić information content (AvgIpc) is 2.27. The second kappa shape index (κ2) is 5.98. The normalized spacial score (nSPS) is 11.6. The van der Waals surface area contributed by atoms with Gasteiger partial charge in [-0.25, -0.2) is 0 Å². The number of aryl methyl sites for hydroxylation is 1. The summed E-state index contributed by atoms with van der Waals surface area (Å²) >= 11 is 1.58. The molecule has 0 aliphatic carbocycles. The van der Waals surface area contributed by atoms with Crippen molar-refractivity contribution in [2.24, 2.45) is 0 Å². The molecule has 0 aromatic heterocycles. The van der Waals surface area contributed by atoms with E-state index in [1.165, 1.54) is 18.4 Å². The first-order valence-corrected chi connectivity index (χ1v) is 9.98. The molecule has 0 spiro atoms. The SMILES string of the molecule is C[Se]C(C)(CCc1ccccc1)[Se]C. The summed E-state index contributed by atoms with van der Waals surface area (Å²) < 4.78 is 0.663. The Morgan fingerprint density at radius 3 is 2.14 bits per heavy atom. The molecule has 0 nitrogen and oxygen atoms in total. The van der Waals surface area contributed by atoms with Crippen molar-refractivity contribution in [1.29, 1.82) is 0 Å². The molecule has 0 unspecified atom stereocenters. The van der Waals surface area contributed by atoms with Crippen molar-refractivity contribution in [3.63, 3.8) is 0 Å². The molecule has 0 N–H and O–H groups in total. The van der Waals surface area contributed by atoms with E-state index in [1.54, 1.807) is 0 Å². The molecule has 0 saturated heterocycles. The molecule has 1 aromatic rings. The van der Waals surface area contributed by atoms with Crippen molar-refractivity contribution in [2.75, 3.05) is 0 Å². The van der Waals surface area contributed by atoms with Gasteiger partial charge in [0.1, 0.15) is 0 Å². The third-order valence-corrected chi connectivity index (χ3v) is 10.7. The van der Waals surface area contributed by atoms with Crippen LogP contribution < -0.4 is 0 Å². The molecule has 14 heavy (non-hydrogen) atoms. The summed E-state index contributed by atoms with van der Waals surface area (Å²) in [7, 11) is 0. The number of hydrogen-bond donors (Lipinski definition) is 0. The molecule has 0 saturated carbocycles. The summed E-state index contributed by atoms with van der Waals surface area (Å²) in [5.74, 6) is 4.76. The van der Waals surface area contributed by atoms with Crippen LogP contribution in [0.15, 0.2) is 30.3 Å². The topological polar surface area (TPSA) is 0 Å². The molecule has 0 radical (unpaired) electrons. The van der Waals surface area contributed by atoms with Gasteiger partial charge in [0, 0.05) is 0 Å².